The van der Waals surface area contributed by atoms with Gasteiger partial charge in [0.25, 0.3) is 11.8 Å². The maximum absolute atomic E-state index is 12.8. The number of carbonyl (C=O) groups excluding carboxylic acids is 3. The predicted molar refractivity (Wildman–Crippen MR) is 126 cm³/mol. The summed E-state index contributed by atoms with van der Waals surface area (Å²) < 4.78 is 0. The summed E-state index contributed by atoms with van der Waals surface area (Å²) >= 11 is 1.47. The third-order valence-electron chi connectivity index (χ3n) is 6.27. The number of benzene rings is 1. The predicted octanol–water partition coefficient (Wildman–Crippen LogP) is 2.86. The van der Waals surface area contributed by atoms with E-state index >= 15 is 0 Å². The number of thiophene rings is 1. The topological polar surface area (TPSA) is 95.7 Å². The maximum Gasteiger partial charge on any atom is 0.253 e. The number of piperazine rings is 1. The zero-order chi connectivity index (χ0) is 22.8. The summed E-state index contributed by atoms with van der Waals surface area (Å²) in [5, 5.41) is 3.47. The van der Waals surface area contributed by atoms with Gasteiger partial charge in [0.1, 0.15) is 5.00 Å². The lowest BCUT2D eigenvalue weighted by Crippen LogP contribution is -2.50. The number of fused-ring (bicyclic) bond motifs is 1. The molecule has 0 spiro atoms. The second-order valence-corrected chi connectivity index (χ2v) is 9.92. The van der Waals surface area contributed by atoms with E-state index in [1.54, 1.807) is 0 Å². The van der Waals surface area contributed by atoms with E-state index in [9.17, 15) is 14.4 Å². The highest BCUT2D eigenvalue weighted by Gasteiger charge is 2.27. The van der Waals surface area contributed by atoms with Crippen molar-refractivity contribution in [1.29, 1.82) is 0 Å². The van der Waals surface area contributed by atoms with Gasteiger partial charge < -0.3 is 16.0 Å². The van der Waals surface area contributed by atoms with Crippen LogP contribution in [0.25, 0.3) is 0 Å². The highest BCUT2D eigenvalue weighted by Crippen LogP contribution is 2.38. The monoisotopic (exact) mass is 454 g/mol. The van der Waals surface area contributed by atoms with Crippen molar-refractivity contribution < 1.29 is 14.4 Å². The molecule has 170 valence electrons. The fourth-order valence-electron chi connectivity index (χ4n) is 4.42. The molecule has 1 saturated heterocycles. The van der Waals surface area contributed by atoms with Crippen LogP contribution in [0.3, 0.4) is 0 Å². The van der Waals surface area contributed by atoms with Crippen LogP contribution in [0.1, 0.15) is 62.9 Å². The largest absolute Gasteiger partial charge is 0.365 e. The SMILES string of the molecule is CC(C)c1ccc(C(=O)N2CCN(CC(=O)Nc3sc4c(c3C(N)=O)CCC4)CC2)cc1. The number of rotatable bonds is 6. The minimum absolute atomic E-state index is 0.0311. The lowest BCUT2D eigenvalue weighted by molar-refractivity contribution is -0.117. The van der Waals surface area contributed by atoms with Gasteiger partial charge >= 0.3 is 0 Å². The molecule has 7 nitrogen and oxygen atoms in total. The number of nitrogens with two attached hydrogens (primary N) is 1. The second-order valence-electron chi connectivity index (χ2n) is 8.82. The number of hydrogen-bond acceptors (Lipinski definition) is 5. The van der Waals surface area contributed by atoms with Gasteiger partial charge in [0.05, 0.1) is 12.1 Å². The lowest BCUT2D eigenvalue weighted by Gasteiger charge is -2.34. The van der Waals surface area contributed by atoms with Gasteiger partial charge in [-0.05, 0) is 48.4 Å². The number of hydrogen-bond donors (Lipinski definition) is 2. The van der Waals surface area contributed by atoms with Gasteiger partial charge in [-0.2, -0.15) is 0 Å². The van der Waals surface area contributed by atoms with E-state index in [-0.39, 0.29) is 18.4 Å². The maximum atomic E-state index is 12.8. The fourth-order valence-corrected chi connectivity index (χ4v) is 5.74. The van der Waals surface area contributed by atoms with Crippen LogP contribution in [0.2, 0.25) is 0 Å². The minimum atomic E-state index is -0.478. The molecule has 4 rings (SSSR count). The summed E-state index contributed by atoms with van der Waals surface area (Å²) in [4.78, 5) is 42.4. The molecule has 3 N–H and O–H groups in total. The molecule has 1 fully saturated rings. The molecule has 32 heavy (non-hydrogen) atoms. The molecule has 2 heterocycles. The van der Waals surface area contributed by atoms with Crippen molar-refractivity contribution in [3.05, 3.63) is 51.4 Å². The summed E-state index contributed by atoms with van der Waals surface area (Å²) in [5.41, 5.74) is 8.98. The van der Waals surface area contributed by atoms with Crippen LogP contribution in [0.5, 0.6) is 0 Å². The third kappa shape index (κ3) is 4.71. The molecular weight excluding hydrogens is 424 g/mol. The quantitative estimate of drug-likeness (QED) is 0.702. The second kappa shape index (κ2) is 9.42. The van der Waals surface area contributed by atoms with E-state index in [0.717, 1.165) is 29.7 Å². The van der Waals surface area contributed by atoms with Crippen LogP contribution >= 0.6 is 11.3 Å². The van der Waals surface area contributed by atoms with Gasteiger partial charge in [-0.3, -0.25) is 19.3 Å². The first-order chi connectivity index (χ1) is 15.3. The summed E-state index contributed by atoms with van der Waals surface area (Å²) in [7, 11) is 0. The van der Waals surface area contributed by atoms with E-state index in [1.165, 1.54) is 16.9 Å². The first-order valence-electron chi connectivity index (χ1n) is 11.2. The zero-order valence-electron chi connectivity index (χ0n) is 18.6. The van der Waals surface area contributed by atoms with E-state index in [1.807, 2.05) is 34.1 Å². The molecule has 1 aromatic heterocycles. The zero-order valence-corrected chi connectivity index (χ0v) is 19.5. The Bertz CT molecular complexity index is 1020. The molecule has 0 radical (unpaired) electrons. The van der Waals surface area contributed by atoms with Crippen molar-refractivity contribution in [3.63, 3.8) is 0 Å². The molecule has 8 heteroatoms. The Morgan fingerprint density at radius 3 is 2.38 bits per heavy atom. The summed E-state index contributed by atoms with van der Waals surface area (Å²) in [6, 6.07) is 7.82. The van der Waals surface area contributed by atoms with Crippen LogP contribution in [-0.4, -0.2) is 60.2 Å². The normalized spacial score (nSPS) is 16.3. The molecule has 0 bridgehead atoms. The molecule has 3 amide bonds. The number of nitrogens with one attached hydrogen (secondary N) is 1. The Morgan fingerprint density at radius 1 is 1.06 bits per heavy atom. The number of aryl methyl sites for hydroxylation is 1. The molecule has 1 aromatic carbocycles. The molecule has 1 aliphatic carbocycles. The Morgan fingerprint density at radius 2 is 1.75 bits per heavy atom. The van der Waals surface area contributed by atoms with Crippen molar-refractivity contribution in [1.82, 2.24) is 9.80 Å². The first-order valence-corrected chi connectivity index (χ1v) is 12.0. The van der Waals surface area contributed by atoms with Crippen molar-refractivity contribution in [2.24, 2.45) is 5.73 Å². The average molecular weight is 455 g/mol. The van der Waals surface area contributed by atoms with Crippen LogP contribution < -0.4 is 11.1 Å². The average Bonchev–Trinajstić information content (AvgIpc) is 3.34. The number of carbonyl (C=O) groups is 3. The van der Waals surface area contributed by atoms with Crippen molar-refractivity contribution in [3.8, 4) is 0 Å². The van der Waals surface area contributed by atoms with Crippen molar-refractivity contribution >= 4 is 34.1 Å². The number of nitrogens with zero attached hydrogens (tertiary/aromatic N) is 2. The van der Waals surface area contributed by atoms with Crippen LogP contribution in [0.4, 0.5) is 5.00 Å². The van der Waals surface area contributed by atoms with Gasteiger partial charge in [0, 0.05) is 36.6 Å². The molecule has 0 unspecified atom stereocenters. The molecule has 1 aliphatic heterocycles. The van der Waals surface area contributed by atoms with Crippen molar-refractivity contribution in [2.75, 3.05) is 38.0 Å². The Hall–Kier alpha value is -2.71. The lowest BCUT2D eigenvalue weighted by atomic mass is 10.0. The van der Waals surface area contributed by atoms with Gasteiger partial charge in [-0.25, -0.2) is 0 Å². The standard InChI is InChI=1S/C24H30N4O3S/c1-15(2)16-6-8-17(9-7-16)24(31)28-12-10-27(11-13-28)14-20(29)26-23-21(22(25)30)18-4-3-5-19(18)32-23/h6-9,15H,3-5,10-14H2,1-2H3,(H2,25,30)(H,26,29). The molecule has 0 atom stereocenters. The number of anilines is 1. The Balaban J connectivity index is 1.30. The molecule has 0 saturated carbocycles. The van der Waals surface area contributed by atoms with Crippen LogP contribution in [0, 0.1) is 0 Å². The van der Waals surface area contributed by atoms with E-state index in [0.29, 0.717) is 48.2 Å². The first kappa shape index (κ1) is 22.5. The molecule has 2 aliphatic rings. The molecule has 2 aromatic rings. The fraction of sp³-hybridized carbons (Fsp3) is 0.458. The van der Waals surface area contributed by atoms with E-state index in [4.69, 9.17) is 5.73 Å². The Kier molecular flexibility index (Phi) is 6.62. The van der Waals surface area contributed by atoms with Crippen LogP contribution in [-0.2, 0) is 17.6 Å². The summed E-state index contributed by atoms with van der Waals surface area (Å²) in [5.74, 6) is -0.170. The third-order valence-corrected chi connectivity index (χ3v) is 7.48. The van der Waals surface area contributed by atoms with Gasteiger partial charge in [-0.1, -0.05) is 26.0 Å². The van der Waals surface area contributed by atoms with E-state index < -0.39 is 5.91 Å². The molecular formula is C24H30N4O3S. The van der Waals surface area contributed by atoms with E-state index in [2.05, 4.69) is 19.2 Å². The van der Waals surface area contributed by atoms with Gasteiger partial charge in [0.15, 0.2) is 0 Å². The highest BCUT2D eigenvalue weighted by molar-refractivity contribution is 7.17. The minimum Gasteiger partial charge on any atom is -0.365 e. The Labute approximate surface area is 192 Å². The number of amides is 3. The van der Waals surface area contributed by atoms with Crippen LogP contribution in [0.15, 0.2) is 24.3 Å². The number of primary amides is 1. The summed E-state index contributed by atoms with van der Waals surface area (Å²) in [6.45, 7) is 6.92. The van der Waals surface area contributed by atoms with Gasteiger partial charge in [0.2, 0.25) is 5.91 Å². The van der Waals surface area contributed by atoms with Crippen molar-refractivity contribution in [2.45, 2.75) is 39.0 Å². The highest BCUT2D eigenvalue weighted by atomic mass is 32.1. The summed E-state index contributed by atoms with van der Waals surface area (Å²) in [6.07, 6.45) is 2.81. The smallest absolute Gasteiger partial charge is 0.253 e. The van der Waals surface area contributed by atoms with Gasteiger partial charge in [-0.15, -0.1) is 11.3 Å².